The number of hydrogen-bond acceptors (Lipinski definition) is 5. The molecule has 110 valence electrons. The average molecular weight is 284 g/mol. The lowest BCUT2D eigenvalue weighted by molar-refractivity contribution is 0.221. The molecule has 0 atom stereocenters. The summed E-state index contributed by atoms with van der Waals surface area (Å²) in [6.07, 6.45) is 3.87. The first kappa shape index (κ1) is 15.0. The van der Waals surface area contributed by atoms with E-state index in [1.54, 1.807) is 6.07 Å². The summed E-state index contributed by atoms with van der Waals surface area (Å²) < 4.78 is 0. The molecule has 0 spiro atoms. The Kier molecular flexibility index (Phi) is 5.29. The highest BCUT2D eigenvalue weighted by Gasteiger charge is 2.10. The second kappa shape index (κ2) is 7.41. The van der Waals surface area contributed by atoms with Crippen LogP contribution in [0.25, 0.3) is 0 Å². The summed E-state index contributed by atoms with van der Waals surface area (Å²) in [6.45, 7) is 3.23. The molecule has 0 aromatic heterocycles. The fourth-order valence-electron chi connectivity index (χ4n) is 2.38. The van der Waals surface area contributed by atoms with Crippen molar-refractivity contribution in [1.29, 1.82) is 10.7 Å². The first-order chi connectivity index (χ1) is 10.2. The van der Waals surface area contributed by atoms with E-state index < -0.39 is 0 Å². The second-order valence-corrected chi connectivity index (χ2v) is 5.13. The van der Waals surface area contributed by atoms with Crippen molar-refractivity contribution in [2.75, 3.05) is 18.5 Å². The Morgan fingerprint density at radius 3 is 2.81 bits per heavy atom. The molecule has 1 heterocycles. The molecular formula is C15H20N6. The SMILES string of the molecule is N#C/C(=N\Nc1cccc(CN2CCCCC2)c1)C(=N)N. The number of nitrogens with two attached hydrogens (primary N) is 1. The van der Waals surface area contributed by atoms with Gasteiger partial charge in [0.25, 0.3) is 0 Å². The van der Waals surface area contributed by atoms with E-state index in [1.165, 1.54) is 24.8 Å². The monoisotopic (exact) mass is 284 g/mol. The topological polar surface area (TPSA) is 101 Å². The van der Waals surface area contributed by atoms with E-state index >= 15 is 0 Å². The summed E-state index contributed by atoms with van der Waals surface area (Å²) in [7, 11) is 0. The van der Waals surface area contributed by atoms with Gasteiger partial charge in [-0.1, -0.05) is 18.6 Å². The van der Waals surface area contributed by atoms with Gasteiger partial charge in [0.2, 0.25) is 5.71 Å². The third-order valence-corrected chi connectivity index (χ3v) is 3.44. The Labute approximate surface area is 124 Å². The molecule has 21 heavy (non-hydrogen) atoms. The Morgan fingerprint density at radius 2 is 2.14 bits per heavy atom. The van der Waals surface area contributed by atoms with Gasteiger partial charge in [0, 0.05) is 6.54 Å². The average Bonchev–Trinajstić information content (AvgIpc) is 2.49. The van der Waals surface area contributed by atoms with Gasteiger partial charge in [0.05, 0.1) is 5.69 Å². The molecule has 1 aliphatic rings. The summed E-state index contributed by atoms with van der Waals surface area (Å²) in [4.78, 5) is 2.45. The van der Waals surface area contributed by atoms with E-state index in [4.69, 9.17) is 16.4 Å². The van der Waals surface area contributed by atoms with Gasteiger partial charge in [0.1, 0.15) is 6.07 Å². The van der Waals surface area contributed by atoms with Crippen molar-refractivity contribution >= 4 is 17.2 Å². The quantitative estimate of drug-likeness (QED) is 0.436. The standard InChI is InChI=1S/C15H20N6/c16-10-14(15(17)18)20-19-13-6-4-5-12(9-13)11-21-7-2-1-3-8-21/h4-6,9,19H,1-3,7-8,11H2,(H3,17,18)/b20-14+. The number of anilines is 1. The van der Waals surface area contributed by atoms with Gasteiger partial charge in [-0.2, -0.15) is 10.4 Å². The van der Waals surface area contributed by atoms with Crippen LogP contribution in [0.5, 0.6) is 0 Å². The van der Waals surface area contributed by atoms with Crippen LogP contribution in [-0.2, 0) is 6.54 Å². The Balaban J connectivity index is 2.00. The summed E-state index contributed by atoms with van der Waals surface area (Å²) >= 11 is 0. The van der Waals surface area contributed by atoms with Crippen LogP contribution in [-0.4, -0.2) is 29.5 Å². The fourth-order valence-corrected chi connectivity index (χ4v) is 2.38. The van der Waals surface area contributed by atoms with Crippen LogP contribution in [0.4, 0.5) is 5.69 Å². The van der Waals surface area contributed by atoms with E-state index in [9.17, 15) is 0 Å². The molecule has 0 unspecified atom stereocenters. The fraction of sp³-hybridized carbons (Fsp3) is 0.400. The molecule has 6 heteroatoms. The Morgan fingerprint density at radius 1 is 1.38 bits per heavy atom. The highest BCUT2D eigenvalue weighted by molar-refractivity contribution is 6.45. The molecule has 0 aliphatic carbocycles. The van der Waals surface area contributed by atoms with Gasteiger partial charge >= 0.3 is 0 Å². The van der Waals surface area contributed by atoms with E-state index in [2.05, 4.69) is 21.5 Å². The summed E-state index contributed by atoms with van der Waals surface area (Å²) in [5.74, 6) is -0.338. The van der Waals surface area contributed by atoms with Crippen LogP contribution in [0.15, 0.2) is 29.4 Å². The van der Waals surface area contributed by atoms with Crippen molar-refractivity contribution in [3.8, 4) is 6.07 Å². The van der Waals surface area contributed by atoms with Gasteiger partial charge in [-0.3, -0.25) is 15.7 Å². The zero-order valence-corrected chi connectivity index (χ0v) is 12.0. The summed E-state index contributed by atoms with van der Waals surface area (Å²) in [5.41, 5.74) is 9.91. The van der Waals surface area contributed by atoms with Crippen molar-refractivity contribution in [2.45, 2.75) is 25.8 Å². The number of nitriles is 1. The van der Waals surface area contributed by atoms with Crippen molar-refractivity contribution < 1.29 is 0 Å². The van der Waals surface area contributed by atoms with Gasteiger partial charge < -0.3 is 5.73 Å². The minimum Gasteiger partial charge on any atom is -0.382 e. The van der Waals surface area contributed by atoms with Gasteiger partial charge in [-0.15, -0.1) is 0 Å². The molecule has 0 radical (unpaired) electrons. The zero-order chi connectivity index (χ0) is 15.1. The number of amidine groups is 1. The third-order valence-electron chi connectivity index (χ3n) is 3.44. The number of hydrogen-bond donors (Lipinski definition) is 3. The van der Waals surface area contributed by atoms with Crippen LogP contribution in [0.3, 0.4) is 0 Å². The van der Waals surface area contributed by atoms with Crippen molar-refractivity contribution in [1.82, 2.24) is 4.90 Å². The molecule has 1 aromatic rings. The number of nitrogens with one attached hydrogen (secondary N) is 2. The molecule has 1 aromatic carbocycles. The van der Waals surface area contributed by atoms with Crippen LogP contribution in [0, 0.1) is 16.7 Å². The lowest BCUT2D eigenvalue weighted by atomic mass is 10.1. The van der Waals surface area contributed by atoms with Crippen molar-refractivity contribution in [2.24, 2.45) is 10.8 Å². The van der Waals surface area contributed by atoms with Crippen LogP contribution in [0.2, 0.25) is 0 Å². The number of benzene rings is 1. The Bertz CT molecular complexity index is 566. The first-order valence-corrected chi connectivity index (χ1v) is 7.08. The Hall–Kier alpha value is -2.39. The number of likely N-dealkylation sites (tertiary alicyclic amines) is 1. The second-order valence-electron chi connectivity index (χ2n) is 5.13. The maximum atomic E-state index is 8.80. The van der Waals surface area contributed by atoms with Crippen molar-refractivity contribution in [3.63, 3.8) is 0 Å². The first-order valence-electron chi connectivity index (χ1n) is 7.08. The molecule has 0 bridgehead atoms. The van der Waals surface area contributed by atoms with E-state index in [-0.39, 0.29) is 11.5 Å². The molecule has 6 nitrogen and oxygen atoms in total. The predicted octanol–water partition coefficient (Wildman–Crippen LogP) is 1.90. The van der Waals surface area contributed by atoms with E-state index in [0.29, 0.717) is 0 Å². The molecule has 0 saturated carbocycles. The lowest BCUT2D eigenvalue weighted by Crippen LogP contribution is -2.29. The van der Waals surface area contributed by atoms with Gasteiger partial charge in [0.15, 0.2) is 5.84 Å². The summed E-state index contributed by atoms with van der Waals surface area (Å²) in [5, 5.41) is 19.8. The minimum atomic E-state index is -0.338. The number of piperidine rings is 1. The normalized spacial score (nSPS) is 16.2. The number of nitrogens with zero attached hydrogens (tertiary/aromatic N) is 3. The molecule has 1 saturated heterocycles. The van der Waals surface area contributed by atoms with Crippen molar-refractivity contribution in [3.05, 3.63) is 29.8 Å². The van der Waals surface area contributed by atoms with Crippen LogP contribution in [0.1, 0.15) is 24.8 Å². The zero-order valence-electron chi connectivity index (χ0n) is 12.0. The number of hydrazone groups is 1. The largest absolute Gasteiger partial charge is 0.382 e. The molecule has 1 fully saturated rings. The highest BCUT2D eigenvalue weighted by Crippen LogP contribution is 2.16. The minimum absolute atomic E-state index is 0.114. The molecule has 0 amide bonds. The summed E-state index contributed by atoms with van der Waals surface area (Å²) in [6, 6.07) is 9.70. The molecule has 1 aliphatic heterocycles. The van der Waals surface area contributed by atoms with E-state index in [0.717, 1.165) is 25.3 Å². The lowest BCUT2D eigenvalue weighted by Gasteiger charge is -2.26. The maximum absolute atomic E-state index is 8.80. The predicted molar refractivity (Wildman–Crippen MR) is 84.2 cm³/mol. The third kappa shape index (κ3) is 4.58. The maximum Gasteiger partial charge on any atom is 0.201 e. The van der Waals surface area contributed by atoms with E-state index in [1.807, 2.05) is 18.2 Å². The number of rotatable bonds is 5. The van der Waals surface area contributed by atoms with Gasteiger partial charge in [-0.05, 0) is 43.6 Å². The van der Waals surface area contributed by atoms with Crippen LogP contribution >= 0.6 is 0 Å². The highest BCUT2D eigenvalue weighted by atomic mass is 15.3. The van der Waals surface area contributed by atoms with Gasteiger partial charge in [-0.25, -0.2) is 0 Å². The smallest absolute Gasteiger partial charge is 0.201 e. The molecule has 2 rings (SSSR count). The van der Waals surface area contributed by atoms with Crippen LogP contribution < -0.4 is 11.2 Å². The molecule has 4 N–H and O–H groups in total. The molecular weight excluding hydrogens is 264 g/mol.